The minimum Gasteiger partial charge on any atom is -0.496 e. The molecule has 0 atom stereocenters. The molecule has 1 N–H and O–H groups in total. The summed E-state index contributed by atoms with van der Waals surface area (Å²) in [6.45, 7) is 5.51. The number of benzene rings is 1. The number of methoxy groups -OCH3 is 1. The zero-order valence-corrected chi connectivity index (χ0v) is 20.3. The average molecular weight is 510 g/mol. The van der Waals surface area contributed by atoms with Crippen LogP contribution in [0.1, 0.15) is 5.76 Å². The summed E-state index contributed by atoms with van der Waals surface area (Å²) in [6, 6.07) is 9.73. The highest BCUT2D eigenvalue weighted by Gasteiger charge is 2.20. The van der Waals surface area contributed by atoms with E-state index in [4.69, 9.17) is 23.6 Å². The molecular formula is C24H27N7O6. The highest BCUT2D eigenvalue weighted by molar-refractivity contribution is 5.79. The molecule has 2 aliphatic rings. The van der Waals surface area contributed by atoms with Crippen molar-refractivity contribution in [2.75, 3.05) is 74.9 Å². The Morgan fingerprint density at radius 1 is 1.03 bits per heavy atom. The molecule has 2 saturated heterocycles. The molecule has 5 rings (SSSR count). The van der Waals surface area contributed by atoms with Crippen LogP contribution in [0.25, 0.3) is 11.3 Å². The van der Waals surface area contributed by atoms with Crippen LogP contribution < -0.4 is 20.0 Å². The molecule has 4 heterocycles. The highest BCUT2D eigenvalue weighted by Crippen LogP contribution is 2.34. The van der Waals surface area contributed by atoms with Crippen LogP contribution >= 0.6 is 0 Å². The van der Waals surface area contributed by atoms with Crippen LogP contribution in [0.15, 0.2) is 45.9 Å². The third-order valence-corrected chi connectivity index (χ3v) is 5.99. The van der Waals surface area contributed by atoms with Crippen LogP contribution in [-0.2, 0) is 9.47 Å². The van der Waals surface area contributed by atoms with Gasteiger partial charge < -0.3 is 28.4 Å². The van der Waals surface area contributed by atoms with E-state index < -0.39 is 4.92 Å². The van der Waals surface area contributed by atoms with Crippen molar-refractivity contribution in [2.45, 2.75) is 0 Å². The number of rotatable bonds is 8. The SMILES string of the molecule is COc1cc([N+](=O)[O-])ccc1-c1ccc(C=NNc2cc(N3CCOCC3)nc(N3CCOCC3)n2)o1. The van der Waals surface area contributed by atoms with Gasteiger partial charge in [0.15, 0.2) is 5.82 Å². The van der Waals surface area contributed by atoms with Gasteiger partial charge in [-0.05, 0) is 18.2 Å². The Kier molecular flexibility index (Phi) is 7.42. The van der Waals surface area contributed by atoms with Crippen molar-refractivity contribution >= 4 is 29.5 Å². The van der Waals surface area contributed by atoms with Crippen molar-refractivity contribution in [3.63, 3.8) is 0 Å². The molecule has 1 aromatic carbocycles. The van der Waals surface area contributed by atoms with Gasteiger partial charge in [-0.15, -0.1) is 0 Å². The molecule has 2 aliphatic heterocycles. The van der Waals surface area contributed by atoms with E-state index in [9.17, 15) is 10.1 Å². The molecule has 2 fully saturated rings. The summed E-state index contributed by atoms with van der Waals surface area (Å²) in [5.74, 6) is 3.31. The third-order valence-electron chi connectivity index (χ3n) is 5.99. The molecule has 13 nitrogen and oxygen atoms in total. The highest BCUT2D eigenvalue weighted by atomic mass is 16.6. The Bertz CT molecular complexity index is 1230. The van der Waals surface area contributed by atoms with Gasteiger partial charge in [-0.25, -0.2) is 0 Å². The quantitative estimate of drug-likeness (QED) is 0.272. The summed E-state index contributed by atoms with van der Waals surface area (Å²) >= 11 is 0. The van der Waals surface area contributed by atoms with Gasteiger partial charge in [0.25, 0.3) is 5.69 Å². The maximum absolute atomic E-state index is 11.1. The number of anilines is 3. The fourth-order valence-corrected chi connectivity index (χ4v) is 4.06. The molecular weight excluding hydrogens is 482 g/mol. The zero-order valence-electron chi connectivity index (χ0n) is 20.3. The molecule has 0 unspecified atom stereocenters. The van der Waals surface area contributed by atoms with Crippen LogP contribution in [0.3, 0.4) is 0 Å². The third kappa shape index (κ3) is 5.78. The van der Waals surface area contributed by atoms with Crippen molar-refractivity contribution < 1.29 is 23.6 Å². The molecule has 13 heteroatoms. The van der Waals surface area contributed by atoms with E-state index >= 15 is 0 Å². The molecule has 37 heavy (non-hydrogen) atoms. The standard InChI is InChI=1S/C24H27N7O6/c1-34-21-14-17(31(32)33)2-4-19(21)20-5-3-18(37-20)16-25-28-22-15-23(29-6-10-35-11-7-29)27-24(26-22)30-8-12-36-13-9-30/h2-5,14-16H,6-13H2,1H3,(H,26,27,28). The van der Waals surface area contributed by atoms with Gasteiger partial charge in [0.1, 0.15) is 23.1 Å². The molecule has 0 radical (unpaired) electrons. The Labute approximate surface area is 212 Å². The van der Waals surface area contributed by atoms with Gasteiger partial charge in [0.2, 0.25) is 5.95 Å². The predicted octanol–water partition coefficient (Wildman–Crippen LogP) is 2.77. The first-order valence-electron chi connectivity index (χ1n) is 11.9. The predicted molar refractivity (Wildman–Crippen MR) is 137 cm³/mol. The van der Waals surface area contributed by atoms with Gasteiger partial charge in [0, 0.05) is 38.3 Å². The lowest BCUT2D eigenvalue weighted by Gasteiger charge is -2.31. The van der Waals surface area contributed by atoms with Gasteiger partial charge in [0.05, 0.1) is 56.3 Å². The van der Waals surface area contributed by atoms with E-state index in [2.05, 4.69) is 25.3 Å². The normalized spacial score (nSPS) is 16.2. The number of non-ortho nitro benzene ring substituents is 1. The zero-order chi connectivity index (χ0) is 25.6. The fraction of sp³-hybridized carbons (Fsp3) is 0.375. The molecule has 0 spiro atoms. The second-order valence-corrected chi connectivity index (χ2v) is 8.32. The number of ether oxygens (including phenoxy) is 3. The van der Waals surface area contributed by atoms with Crippen molar-refractivity contribution in [3.05, 3.63) is 52.3 Å². The first-order valence-corrected chi connectivity index (χ1v) is 11.9. The Hall–Kier alpha value is -4.23. The van der Waals surface area contributed by atoms with E-state index in [1.165, 1.54) is 25.5 Å². The van der Waals surface area contributed by atoms with Crippen LogP contribution in [-0.4, -0.2) is 80.8 Å². The van der Waals surface area contributed by atoms with Gasteiger partial charge in [-0.2, -0.15) is 15.1 Å². The second-order valence-electron chi connectivity index (χ2n) is 8.32. The van der Waals surface area contributed by atoms with Crippen molar-refractivity contribution in [1.29, 1.82) is 0 Å². The van der Waals surface area contributed by atoms with Crippen LogP contribution in [0.5, 0.6) is 5.75 Å². The number of furan rings is 1. The second kappa shape index (κ2) is 11.2. The number of hydrazone groups is 1. The Morgan fingerprint density at radius 3 is 2.46 bits per heavy atom. The van der Waals surface area contributed by atoms with Gasteiger partial charge >= 0.3 is 0 Å². The summed E-state index contributed by atoms with van der Waals surface area (Å²) in [7, 11) is 1.45. The maximum Gasteiger partial charge on any atom is 0.273 e. The molecule has 0 amide bonds. The summed E-state index contributed by atoms with van der Waals surface area (Å²) < 4.78 is 22.1. The summed E-state index contributed by atoms with van der Waals surface area (Å²) in [5.41, 5.74) is 3.53. The summed E-state index contributed by atoms with van der Waals surface area (Å²) in [6.07, 6.45) is 1.53. The minimum atomic E-state index is -0.472. The van der Waals surface area contributed by atoms with Crippen LogP contribution in [0.2, 0.25) is 0 Å². The monoisotopic (exact) mass is 509 g/mol. The number of morpholine rings is 2. The van der Waals surface area contributed by atoms with Crippen molar-refractivity contribution in [1.82, 2.24) is 9.97 Å². The van der Waals surface area contributed by atoms with E-state index in [-0.39, 0.29) is 5.69 Å². The van der Waals surface area contributed by atoms with Crippen molar-refractivity contribution in [2.24, 2.45) is 5.10 Å². The maximum atomic E-state index is 11.1. The number of hydrogen-bond donors (Lipinski definition) is 1. The largest absolute Gasteiger partial charge is 0.496 e. The first kappa shape index (κ1) is 24.5. The number of nitrogens with zero attached hydrogens (tertiary/aromatic N) is 6. The number of hydrogen-bond acceptors (Lipinski definition) is 12. The lowest BCUT2D eigenvalue weighted by Crippen LogP contribution is -2.39. The van der Waals surface area contributed by atoms with E-state index in [0.29, 0.717) is 61.0 Å². The smallest absolute Gasteiger partial charge is 0.273 e. The molecule has 3 aromatic rings. The fourth-order valence-electron chi connectivity index (χ4n) is 4.06. The van der Waals surface area contributed by atoms with Crippen molar-refractivity contribution in [3.8, 4) is 17.1 Å². The number of nitro benzene ring substituents is 1. The molecule has 0 saturated carbocycles. The first-order chi connectivity index (χ1) is 18.1. The molecule has 0 aliphatic carbocycles. The lowest BCUT2D eigenvalue weighted by atomic mass is 10.1. The molecule has 0 bridgehead atoms. The molecule has 194 valence electrons. The van der Waals surface area contributed by atoms with E-state index in [1.54, 1.807) is 18.2 Å². The molecule has 2 aromatic heterocycles. The summed E-state index contributed by atoms with van der Waals surface area (Å²) in [4.78, 5) is 24.3. The van der Waals surface area contributed by atoms with Crippen LogP contribution in [0.4, 0.5) is 23.3 Å². The van der Waals surface area contributed by atoms with E-state index in [1.807, 2.05) is 6.07 Å². The van der Waals surface area contributed by atoms with E-state index in [0.717, 1.165) is 32.0 Å². The topological polar surface area (TPSA) is 141 Å². The van der Waals surface area contributed by atoms with Crippen LogP contribution in [0, 0.1) is 10.1 Å². The Balaban J connectivity index is 1.33. The Morgan fingerprint density at radius 2 is 1.76 bits per heavy atom. The lowest BCUT2D eigenvalue weighted by molar-refractivity contribution is -0.384. The number of nitrogens with one attached hydrogen (secondary N) is 1. The van der Waals surface area contributed by atoms with Gasteiger partial charge in [-0.3, -0.25) is 15.5 Å². The number of nitro groups is 1. The number of aromatic nitrogens is 2. The average Bonchev–Trinajstić information content (AvgIpc) is 3.42. The summed E-state index contributed by atoms with van der Waals surface area (Å²) in [5, 5.41) is 15.4. The minimum absolute atomic E-state index is 0.0594. The van der Waals surface area contributed by atoms with Gasteiger partial charge in [-0.1, -0.05) is 0 Å².